The van der Waals surface area contributed by atoms with Crippen molar-refractivity contribution in [1.82, 2.24) is 5.32 Å². The number of rotatable bonds is 5. The Balaban J connectivity index is 0.000000320. The van der Waals surface area contributed by atoms with E-state index in [0.29, 0.717) is 50.7 Å². The number of carboxylic acids is 2. The van der Waals surface area contributed by atoms with Crippen LogP contribution in [0.1, 0.15) is 99.7 Å². The van der Waals surface area contributed by atoms with Crippen molar-refractivity contribution in [2.45, 2.75) is 76.7 Å². The molecule has 0 saturated heterocycles. The van der Waals surface area contributed by atoms with E-state index in [9.17, 15) is 47.0 Å². The van der Waals surface area contributed by atoms with Crippen LogP contribution >= 0.6 is 0 Å². The lowest BCUT2D eigenvalue weighted by molar-refractivity contribution is -0.183. The van der Waals surface area contributed by atoms with Gasteiger partial charge in [0, 0.05) is 27.9 Å². The normalized spacial score (nSPS) is 23.3. The lowest BCUT2D eigenvalue weighted by Gasteiger charge is -2.27. The molecule has 0 radical (unpaired) electrons. The van der Waals surface area contributed by atoms with Crippen LogP contribution in [0.5, 0.6) is 0 Å². The number of carbonyl (C=O) groups is 4. The first-order valence-electron chi connectivity index (χ1n) is 12.9. The molecule has 2 aliphatic carbocycles. The van der Waals surface area contributed by atoms with E-state index in [0.717, 1.165) is 12.8 Å². The molecule has 1 amide bonds. The summed E-state index contributed by atoms with van der Waals surface area (Å²) in [6.45, 7) is 2.02. The highest BCUT2D eigenvalue weighted by Gasteiger charge is 2.40. The highest BCUT2D eigenvalue weighted by atomic mass is 19.4. The SMILES string of the molecule is CC1CCC(C(F)(F)F)CC1.O=Cc1ccc(C(=O)O)c2c(C(=O)NC3CCC(F)CC3)ccc(C(=O)O)c12. The molecule has 0 heterocycles. The van der Waals surface area contributed by atoms with Gasteiger partial charge in [-0.3, -0.25) is 9.59 Å². The summed E-state index contributed by atoms with van der Waals surface area (Å²) in [4.78, 5) is 47.5. The number of halogens is 4. The van der Waals surface area contributed by atoms with Gasteiger partial charge in [-0.1, -0.05) is 25.8 Å². The molecule has 2 aromatic rings. The fourth-order valence-corrected chi connectivity index (χ4v) is 5.21. The summed E-state index contributed by atoms with van der Waals surface area (Å²) in [6, 6.07) is 4.55. The first-order chi connectivity index (χ1) is 18.3. The Hall–Kier alpha value is -3.50. The van der Waals surface area contributed by atoms with Crippen molar-refractivity contribution in [2.24, 2.45) is 11.8 Å². The summed E-state index contributed by atoms with van der Waals surface area (Å²) < 4.78 is 49.5. The summed E-state index contributed by atoms with van der Waals surface area (Å²) in [7, 11) is 0. The summed E-state index contributed by atoms with van der Waals surface area (Å²) in [6.07, 6.45) is -0.669. The van der Waals surface area contributed by atoms with Gasteiger partial charge in [-0.05, 0) is 62.6 Å². The molecule has 212 valence electrons. The summed E-state index contributed by atoms with van der Waals surface area (Å²) in [5.41, 5.74) is -0.607. The van der Waals surface area contributed by atoms with Crippen molar-refractivity contribution in [3.63, 3.8) is 0 Å². The maximum absolute atomic E-state index is 13.3. The third kappa shape index (κ3) is 7.33. The van der Waals surface area contributed by atoms with Crippen LogP contribution in [0.15, 0.2) is 24.3 Å². The monoisotopic (exact) mass is 553 g/mol. The molecule has 39 heavy (non-hydrogen) atoms. The second-order valence-corrected chi connectivity index (χ2v) is 10.3. The number of carbonyl (C=O) groups excluding carboxylic acids is 2. The van der Waals surface area contributed by atoms with E-state index in [1.807, 2.05) is 6.92 Å². The number of hydrogen-bond acceptors (Lipinski definition) is 4. The molecule has 11 heteroatoms. The predicted molar refractivity (Wildman–Crippen MR) is 135 cm³/mol. The Kier molecular flexibility index (Phi) is 9.68. The molecular weight excluding hydrogens is 522 g/mol. The van der Waals surface area contributed by atoms with E-state index in [-0.39, 0.29) is 39.1 Å². The largest absolute Gasteiger partial charge is 0.478 e. The minimum atomic E-state index is -3.94. The van der Waals surface area contributed by atoms with Crippen molar-refractivity contribution >= 4 is 34.9 Å². The van der Waals surface area contributed by atoms with Crippen LogP contribution in [0.2, 0.25) is 0 Å². The summed E-state index contributed by atoms with van der Waals surface area (Å²) >= 11 is 0. The lowest BCUT2D eigenvalue weighted by Crippen LogP contribution is -2.38. The van der Waals surface area contributed by atoms with Gasteiger partial charge in [0.15, 0.2) is 6.29 Å². The van der Waals surface area contributed by atoms with E-state index >= 15 is 0 Å². The van der Waals surface area contributed by atoms with Gasteiger partial charge < -0.3 is 15.5 Å². The van der Waals surface area contributed by atoms with Gasteiger partial charge in [0.2, 0.25) is 0 Å². The minimum Gasteiger partial charge on any atom is -0.478 e. The molecule has 0 spiro atoms. The second-order valence-electron chi connectivity index (χ2n) is 10.3. The Morgan fingerprint density at radius 3 is 1.85 bits per heavy atom. The maximum Gasteiger partial charge on any atom is 0.391 e. The maximum atomic E-state index is 13.3. The van der Waals surface area contributed by atoms with E-state index in [4.69, 9.17) is 0 Å². The van der Waals surface area contributed by atoms with Gasteiger partial charge >= 0.3 is 18.1 Å². The molecule has 2 aliphatic rings. The molecule has 3 N–H and O–H groups in total. The number of nitrogens with one attached hydrogen (secondary N) is 1. The van der Waals surface area contributed by atoms with Crippen LogP contribution in [0, 0.1) is 11.8 Å². The quantitative estimate of drug-likeness (QED) is 0.290. The Morgan fingerprint density at radius 1 is 0.821 bits per heavy atom. The first-order valence-corrected chi connectivity index (χ1v) is 12.9. The fourth-order valence-electron chi connectivity index (χ4n) is 5.21. The number of alkyl halides is 4. The molecule has 0 aromatic heterocycles. The van der Waals surface area contributed by atoms with Crippen molar-refractivity contribution < 1.29 is 47.0 Å². The predicted octanol–water partition coefficient (Wildman–Crippen LogP) is 6.43. The molecule has 0 atom stereocenters. The summed E-state index contributed by atoms with van der Waals surface area (Å²) in [5.74, 6) is -3.80. The van der Waals surface area contributed by atoms with Crippen LogP contribution in [0.4, 0.5) is 17.6 Å². The molecule has 2 saturated carbocycles. The Morgan fingerprint density at radius 2 is 1.33 bits per heavy atom. The second kappa shape index (κ2) is 12.6. The number of fused-ring (bicyclic) bond motifs is 1. The third-order valence-electron chi connectivity index (χ3n) is 7.50. The molecule has 0 bridgehead atoms. The van der Waals surface area contributed by atoms with Crippen LogP contribution in [0.3, 0.4) is 0 Å². The van der Waals surface area contributed by atoms with Crippen LogP contribution in [0.25, 0.3) is 10.8 Å². The molecule has 4 rings (SSSR count). The third-order valence-corrected chi connectivity index (χ3v) is 7.50. The number of hydrogen-bond donors (Lipinski definition) is 3. The van der Waals surface area contributed by atoms with Crippen molar-refractivity contribution in [2.75, 3.05) is 0 Å². The molecule has 2 aromatic carbocycles. The zero-order valence-electron chi connectivity index (χ0n) is 21.4. The van der Waals surface area contributed by atoms with Crippen molar-refractivity contribution in [3.8, 4) is 0 Å². The first kappa shape index (κ1) is 30.0. The van der Waals surface area contributed by atoms with E-state index in [2.05, 4.69) is 5.32 Å². The molecular formula is C28H31F4NO6. The smallest absolute Gasteiger partial charge is 0.391 e. The average Bonchev–Trinajstić information content (AvgIpc) is 2.88. The fraction of sp³-hybridized carbons (Fsp3) is 0.500. The van der Waals surface area contributed by atoms with Crippen molar-refractivity contribution in [1.29, 1.82) is 0 Å². The van der Waals surface area contributed by atoms with Crippen LogP contribution < -0.4 is 5.32 Å². The average molecular weight is 554 g/mol. The zero-order valence-corrected chi connectivity index (χ0v) is 21.4. The van der Waals surface area contributed by atoms with Gasteiger partial charge in [-0.15, -0.1) is 0 Å². The zero-order chi connectivity index (χ0) is 28.9. The van der Waals surface area contributed by atoms with E-state index in [1.165, 1.54) is 24.3 Å². The Labute approximate surface area is 222 Å². The lowest BCUT2D eigenvalue weighted by atomic mass is 9.83. The van der Waals surface area contributed by atoms with Gasteiger partial charge in [0.1, 0.15) is 6.17 Å². The van der Waals surface area contributed by atoms with Gasteiger partial charge in [0.25, 0.3) is 5.91 Å². The molecule has 2 fully saturated rings. The summed E-state index contributed by atoms with van der Waals surface area (Å²) in [5, 5.41) is 21.5. The van der Waals surface area contributed by atoms with E-state index < -0.39 is 36.1 Å². The van der Waals surface area contributed by atoms with E-state index in [1.54, 1.807) is 0 Å². The number of benzene rings is 2. The van der Waals surface area contributed by atoms with Gasteiger partial charge in [-0.25, -0.2) is 14.0 Å². The molecule has 0 unspecified atom stereocenters. The van der Waals surface area contributed by atoms with Gasteiger partial charge in [0.05, 0.1) is 17.0 Å². The number of amides is 1. The topological polar surface area (TPSA) is 121 Å². The molecule has 0 aliphatic heterocycles. The number of carboxylic acid groups (broad SMARTS) is 2. The Bertz CT molecular complexity index is 1230. The van der Waals surface area contributed by atoms with Gasteiger partial charge in [-0.2, -0.15) is 13.2 Å². The highest BCUT2D eigenvalue weighted by molar-refractivity contribution is 6.21. The van der Waals surface area contributed by atoms with Crippen LogP contribution in [-0.2, 0) is 0 Å². The molecule has 7 nitrogen and oxygen atoms in total. The number of aldehydes is 1. The number of aromatic carboxylic acids is 2. The van der Waals surface area contributed by atoms with Crippen molar-refractivity contribution in [3.05, 3.63) is 46.5 Å². The highest BCUT2D eigenvalue weighted by Crippen LogP contribution is 2.39. The standard InChI is InChI=1S/C20H18FNO6.C8H13F3/c21-11-2-4-12(5-3-11)22-18(24)13-7-8-14(19(25)26)16-10(9-23)1-6-15(17(13)16)20(27)28;1-6-2-4-7(5-3-6)8(9,10)11/h1,6-9,11-12H,2-5H2,(H,22,24)(H,25,26)(H,27,28);6-7H,2-5H2,1H3. The van der Waals surface area contributed by atoms with Crippen LogP contribution in [-0.4, -0.2) is 52.7 Å². The minimum absolute atomic E-state index is 0.0232.